The van der Waals surface area contributed by atoms with Crippen LogP contribution in [0.5, 0.6) is 5.75 Å². The van der Waals surface area contributed by atoms with Crippen LogP contribution >= 0.6 is 0 Å². The minimum atomic E-state index is 0.788. The van der Waals surface area contributed by atoms with Crippen LogP contribution in [0.2, 0.25) is 0 Å². The molecule has 0 aromatic heterocycles. The molecule has 2 nitrogen and oxygen atoms in total. The lowest BCUT2D eigenvalue weighted by atomic mass is 10.1. The van der Waals surface area contributed by atoms with E-state index in [1.54, 1.807) is 7.11 Å². The summed E-state index contributed by atoms with van der Waals surface area (Å²) in [7, 11) is 1.71. The highest BCUT2D eigenvalue weighted by Gasteiger charge is 2.28. The lowest BCUT2D eigenvalue weighted by Gasteiger charge is -2.22. The normalized spacial score (nSPS) is 14.4. The van der Waals surface area contributed by atoms with Crippen LogP contribution in [-0.2, 0) is 13.0 Å². The van der Waals surface area contributed by atoms with Crippen molar-refractivity contribution in [3.05, 3.63) is 65.7 Å². The maximum absolute atomic E-state index is 5.23. The molecule has 0 bridgehead atoms. The highest BCUT2D eigenvalue weighted by molar-refractivity contribution is 5.27. The predicted molar refractivity (Wildman–Crippen MR) is 86.6 cm³/mol. The average molecular weight is 281 g/mol. The SMILES string of the molecule is COc1ccc(CN(CCc2ccccc2)C2CC2)cc1. The van der Waals surface area contributed by atoms with Gasteiger partial charge in [-0.2, -0.15) is 0 Å². The lowest BCUT2D eigenvalue weighted by molar-refractivity contribution is 0.258. The number of nitrogens with zero attached hydrogens (tertiary/aromatic N) is 1. The Morgan fingerprint density at radius 3 is 2.29 bits per heavy atom. The first-order chi connectivity index (χ1) is 10.3. The van der Waals surface area contributed by atoms with Gasteiger partial charge in [-0.05, 0) is 42.5 Å². The molecule has 1 aliphatic carbocycles. The Kier molecular flexibility index (Phi) is 4.56. The van der Waals surface area contributed by atoms with E-state index in [9.17, 15) is 0 Å². The van der Waals surface area contributed by atoms with Crippen molar-refractivity contribution in [3.8, 4) is 5.75 Å². The van der Waals surface area contributed by atoms with E-state index in [-0.39, 0.29) is 0 Å². The van der Waals surface area contributed by atoms with E-state index in [4.69, 9.17) is 4.74 Å². The topological polar surface area (TPSA) is 12.5 Å². The van der Waals surface area contributed by atoms with Gasteiger partial charge in [0.1, 0.15) is 5.75 Å². The van der Waals surface area contributed by atoms with Gasteiger partial charge in [-0.25, -0.2) is 0 Å². The van der Waals surface area contributed by atoms with Crippen molar-refractivity contribution < 1.29 is 4.74 Å². The first-order valence-electron chi connectivity index (χ1n) is 7.76. The predicted octanol–water partition coefficient (Wildman–Crippen LogP) is 3.90. The number of rotatable bonds is 7. The highest BCUT2D eigenvalue weighted by Crippen LogP contribution is 2.28. The Labute approximate surface area is 127 Å². The van der Waals surface area contributed by atoms with Crippen LogP contribution in [0.25, 0.3) is 0 Å². The number of benzene rings is 2. The van der Waals surface area contributed by atoms with Gasteiger partial charge in [0.25, 0.3) is 0 Å². The number of methoxy groups -OCH3 is 1. The number of hydrogen-bond donors (Lipinski definition) is 0. The average Bonchev–Trinajstić information content (AvgIpc) is 3.38. The second kappa shape index (κ2) is 6.77. The molecule has 0 amide bonds. The van der Waals surface area contributed by atoms with Gasteiger partial charge in [-0.1, -0.05) is 42.5 Å². The largest absolute Gasteiger partial charge is 0.497 e. The molecule has 2 heteroatoms. The molecule has 0 radical (unpaired) electrons. The second-order valence-corrected chi connectivity index (χ2v) is 5.79. The summed E-state index contributed by atoms with van der Waals surface area (Å²) in [6.45, 7) is 2.18. The van der Waals surface area contributed by atoms with Gasteiger partial charge < -0.3 is 4.74 Å². The van der Waals surface area contributed by atoms with Gasteiger partial charge in [0.2, 0.25) is 0 Å². The fourth-order valence-corrected chi connectivity index (χ4v) is 2.71. The van der Waals surface area contributed by atoms with Crippen LogP contribution in [0.1, 0.15) is 24.0 Å². The molecular weight excluding hydrogens is 258 g/mol. The zero-order chi connectivity index (χ0) is 14.5. The van der Waals surface area contributed by atoms with Crippen LogP contribution in [0.4, 0.5) is 0 Å². The third-order valence-electron chi connectivity index (χ3n) is 4.14. The third-order valence-corrected chi connectivity index (χ3v) is 4.14. The van der Waals surface area contributed by atoms with Crippen molar-refractivity contribution in [2.45, 2.75) is 31.8 Å². The Balaban J connectivity index is 1.59. The molecule has 1 fully saturated rings. The summed E-state index contributed by atoms with van der Waals surface area (Å²) in [6.07, 6.45) is 3.84. The molecule has 21 heavy (non-hydrogen) atoms. The molecule has 1 aliphatic rings. The third kappa shape index (κ3) is 4.08. The van der Waals surface area contributed by atoms with Crippen molar-refractivity contribution >= 4 is 0 Å². The zero-order valence-electron chi connectivity index (χ0n) is 12.7. The first-order valence-corrected chi connectivity index (χ1v) is 7.76. The van der Waals surface area contributed by atoms with E-state index in [1.165, 1.54) is 24.0 Å². The molecule has 0 aliphatic heterocycles. The van der Waals surface area contributed by atoms with Gasteiger partial charge in [-0.15, -0.1) is 0 Å². The molecule has 0 spiro atoms. The summed E-state index contributed by atoms with van der Waals surface area (Å²) in [4.78, 5) is 2.62. The van der Waals surface area contributed by atoms with Crippen molar-refractivity contribution in [1.82, 2.24) is 4.90 Å². The summed E-state index contributed by atoms with van der Waals surface area (Å²) in [5, 5.41) is 0. The Hall–Kier alpha value is -1.80. The Morgan fingerprint density at radius 2 is 1.67 bits per heavy atom. The summed E-state index contributed by atoms with van der Waals surface area (Å²) in [5.41, 5.74) is 2.80. The molecular formula is C19H23NO. The summed E-state index contributed by atoms with van der Waals surface area (Å²) < 4.78 is 5.23. The second-order valence-electron chi connectivity index (χ2n) is 5.79. The molecule has 0 unspecified atom stereocenters. The smallest absolute Gasteiger partial charge is 0.118 e. The van der Waals surface area contributed by atoms with Crippen LogP contribution in [0, 0.1) is 0 Å². The molecule has 3 rings (SSSR count). The zero-order valence-corrected chi connectivity index (χ0v) is 12.7. The van der Waals surface area contributed by atoms with Gasteiger partial charge in [0, 0.05) is 19.1 Å². The monoisotopic (exact) mass is 281 g/mol. The van der Waals surface area contributed by atoms with Gasteiger partial charge >= 0.3 is 0 Å². The van der Waals surface area contributed by atoms with Gasteiger partial charge in [0.15, 0.2) is 0 Å². The first kappa shape index (κ1) is 14.2. The molecule has 2 aromatic rings. The lowest BCUT2D eigenvalue weighted by Crippen LogP contribution is -2.27. The van der Waals surface area contributed by atoms with Crippen molar-refractivity contribution in [2.75, 3.05) is 13.7 Å². The molecule has 2 aromatic carbocycles. The van der Waals surface area contributed by atoms with E-state index >= 15 is 0 Å². The highest BCUT2D eigenvalue weighted by atomic mass is 16.5. The molecule has 0 saturated heterocycles. The van der Waals surface area contributed by atoms with E-state index in [0.29, 0.717) is 0 Å². The van der Waals surface area contributed by atoms with Crippen LogP contribution in [-0.4, -0.2) is 24.6 Å². The van der Waals surface area contributed by atoms with E-state index in [1.807, 2.05) is 0 Å². The Morgan fingerprint density at radius 1 is 0.952 bits per heavy atom. The minimum absolute atomic E-state index is 0.788. The van der Waals surface area contributed by atoms with Crippen LogP contribution < -0.4 is 4.74 Å². The molecule has 0 heterocycles. The number of ether oxygens (including phenoxy) is 1. The van der Waals surface area contributed by atoms with E-state index < -0.39 is 0 Å². The number of hydrogen-bond acceptors (Lipinski definition) is 2. The van der Waals surface area contributed by atoms with Crippen molar-refractivity contribution in [1.29, 1.82) is 0 Å². The Bertz CT molecular complexity index is 546. The molecule has 110 valence electrons. The summed E-state index contributed by atoms with van der Waals surface area (Å²) in [6, 6.07) is 20.0. The van der Waals surface area contributed by atoms with Crippen molar-refractivity contribution in [3.63, 3.8) is 0 Å². The van der Waals surface area contributed by atoms with Crippen LogP contribution in [0.15, 0.2) is 54.6 Å². The van der Waals surface area contributed by atoms with Crippen molar-refractivity contribution in [2.24, 2.45) is 0 Å². The fourth-order valence-electron chi connectivity index (χ4n) is 2.71. The maximum Gasteiger partial charge on any atom is 0.118 e. The van der Waals surface area contributed by atoms with E-state index in [0.717, 1.165) is 31.3 Å². The standard InChI is InChI=1S/C19H23NO/c1-21-19-11-7-17(8-12-19)15-20(18-9-10-18)14-13-16-5-3-2-4-6-16/h2-8,11-12,18H,9-10,13-15H2,1H3. The molecule has 0 N–H and O–H groups in total. The fraction of sp³-hybridized carbons (Fsp3) is 0.368. The quantitative estimate of drug-likeness (QED) is 0.763. The summed E-state index contributed by atoms with van der Waals surface area (Å²) >= 11 is 0. The van der Waals surface area contributed by atoms with E-state index in [2.05, 4.69) is 59.5 Å². The van der Waals surface area contributed by atoms with Crippen LogP contribution in [0.3, 0.4) is 0 Å². The molecule has 0 atom stereocenters. The molecule has 1 saturated carbocycles. The summed E-state index contributed by atoms with van der Waals surface area (Å²) in [5.74, 6) is 0.931. The maximum atomic E-state index is 5.23. The van der Waals surface area contributed by atoms with Gasteiger partial charge in [0.05, 0.1) is 7.11 Å². The minimum Gasteiger partial charge on any atom is -0.497 e. The van der Waals surface area contributed by atoms with Gasteiger partial charge in [-0.3, -0.25) is 4.90 Å².